The van der Waals surface area contributed by atoms with Gasteiger partial charge in [-0.2, -0.15) is 11.8 Å². The lowest BCUT2D eigenvalue weighted by molar-refractivity contribution is 0.174. The number of thioether (sulfide) groups is 1. The standard InChI is InChI=1S/C11H13FO2S/c1-14-7-4-8-9(10(12)5-7)6-15-3-2-11(8)13/h4-5,11,13H,2-3,6H2,1H3/t11-/m1/s1. The Hall–Kier alpha value is -0.740. The van der Waals surface area contributed by atoms with Gasteiger partial charge in [0.15, 0.2) is 0 Å². The smallest absolute Gasteiger partial charge is 0.131 e. The SMILES string of the molecule is COc1cc(F)c2c(c1)[C@H](O)CCSC2. The summed E-state index contributed by atoms with van der Waals surface area (Å²) >= 11 is 1.65. The Morgan fingerprint density at radius 2 is 2.33 bits per heavy atom. The van der Waals surface area contributed by atoms with Crippen molar-refractivity contribution >= 4 is 11.8 Å². The van der Waals surface area contributed by atoms with E-state index < -0.39 is 6.10 Å². The first-order valence-electron chi connectivity index (χ1n) is 4.84. The lowest BCUT2D eigenvalue weighted by Crippen LogP contribution is -2.02. The molecule has 1 aromatic carbocycles. The second kappa shape index (κ2) is 4.41. The first kappa shape index (κ1) is 10.8. The predicted molar refractivity (Wildman–Crippen MR) is 58.7 cm³/mol. The molecule has 0 bridgehead atoms. The van der Waals surface area contributed by atoms with Crippen LogP contribution in [0.1, 0.15) is 23.7 Å². The van der Waals surface area contributed by atoms with Crippen molar-refractivity contribution in [3.05, 3.63) is 29.1 Å². The fourth-order valence-corrected chi connectivity index (χ4v) is 2.77. The number of ether oxygens (including phenoxy) is 1. The average Bonchev–Trinajstić information content (AvgIpc) is 2.41. The number of aliphatic hydroxyl groups excluding tert-OH is 1. The summed E-state index contributed by atoms with van der Waals surface area (Å²) in [6, 6.07) is 3.10. The van der Waals surface area contributed by atoms with E-state index in [9.17, 15) is 9.50 Å². The normalized spacial score (nSPS) is 20.6. The minimum Gasteiger partial charge on any atom is -0.497 e. The van der Waals surface area contributed by atoms with E-state index in [2.05, 4.69) is 0 Å². The Morgan fingerprint density at radius 1 is 1.53 bits per heavy atom. The zero-order valence-electron chi connectivity index (χ0n) is 8.50. The van der Waals surface area contributed by atoms with E-state index in [0.29, 0.717) is 29.1 Å². The summed E-state index contributed by atoms with van der Waals surface area (Å²) in [7, 11) is 1.50. The van der Waals surface area contributed by atoms with E-state index in [1.165, 1.54) is 13.2 Å². The molecule has 0 fully saturated rings. The van der Waals surface area contributed by atoms with Crippen molar-refractivity contribution in [1.82, 2.24) is 0 Å². The summed E-state index contributed by atoms with van der Waals surface area (Å²) in [4.78, 5) is 0. The molecule has 2 rings (SSSR count). The molecule has 15 heavy (non-hydrogen) atoms. The molecular weight excluding hydrogens is 215 g/mol. The van der Waals surface area contributed by atoms with Crippen molar-refractivity contribution in [3.63, 3.8) is 0 Å². The van der Waals surface area contributed by atoms with Crippen molar-refractivity contribution < 1.29 is 14.2 Å². The van der Waals surface area contributed by atoms with Gasteiger partial charge in [-0.05, 0) is 23.8 Å². The van der Waals surface area contributed by atoms with E-state index in [-0.39, 0.29) is 5.82 Å². The summed E-state index contributed by atoms with van der Waals surface area (Å²) in [6.45, 7) is 0. The highest BCUT2D eigenvalue weighted by Crippen LogP contribution is 2.34. The first-order chi connectivity index (χ1) is 7.22. The van der Waals surface area contributed by atoms with Crippen LogP contribution in [0.4, 0.5) is 4.39 Å². The third-order valence-corrected chi connectivity index (χ3v) is 3.60. The summed E-state index contributed by atoms with van der Waals surface area (Å²) in [5.74, 6) is 1.68. The van der Waals surface area contributed by atoms with Gasteiger partial charge in [0.1, 0.15) is 11.6 Å². The van der Waals surface area contributed by atoms with Crippen molar-refractivity contribution in [1.29, 1.82) is 0 Å². The summed E-state index contributed by atoms with van der Waals surface area (Å²) in [6.07, 6.45) is 0.101. The molecule has 1 aromatic rings. The van der Waals surface area contributed by atoms with E-state index in [1.54, 1.807) is 17.8 Å². The second-order valence-corrected chi connectivity index (χ2v) is 4.64. The summed E-state index contributed by atoms with van der Waals surface area (Å²) in [5, 5.41) is 9.85. The van der Waals surface area contributed by atoms with Crippen molar-refractivity contribution in [2.75, 3.05) is 12.9 Å². The van der Waals surface area contributed by atoms with E-state index in [1.807, 2.05) is 0 Å². The van der Waals surface area contributed by atoms with Gasteiger partial charge in [0.2, 0.25) is 0 Å². The third kappa shape index (κ3) is 2.11. The molecule has 82 valence electrons. The quantitative estimate of drug-likeness (QED) is 0.800. The van der Waals surface area contributed by atoms with Crippen LogP contribution < -0.4 is 4.74 Å². The average molecular weight is 228 g/mol. The van der Waals surface area contributed by atoms with E-state index in [0.717, 1.165) is 5.75 Å². The number of aliphatic hydroxyl groups is 1. The topological polar surface area (TPSA) is 29.5 Å². The molecule has 0 aromatic heterocycles. The van der Waals surface area contributed by atoms with Gasteiger partial charge in [0.25, 0.3) is 0 Å². The maximum atomic E-state index is 13.7. The van der Waals surface area contributed by atoms with Gasteiger partial charge in [-0.1, -0.05) is 0 Å². The molecule has 0 spiro atoms. The van der Waals surface area contributed by atoms with Gasteiger partial charge in [0, 0.05) is 17.4 Å². The minimum absolute atomic E-state index is 0.280. The molecule has 0 radical (unpaired) electrons. The molecule has 0 saturated heterocycles. The molecule has 0 saturated carbocycles. The van der Waals surface area contributed by atoms with Gasteiger partial charge in [0.05, 0.1) is 13.2 Å². The van der Waals surface area contributed by atoms with Crippen molar-refractivity contribution in [3.8, 4) is 5.75 Å². The number of hydrogen-bond acceptors (Lipinski definition) is 3. The van der Waals surface area contributed by atoms with Crippen LogP contribution >= 0.6 is 11.8 Å². The first-order valence-corrected chi connectivity index (χ1v) is 6.00. The lowest BCUT2D eigenvalue weighted by atomic mass is 10.0. The van der Waals surface area contributed by atoms with Crippen molar-refractivity contribution in [2.45, 2.75) is 18.3 Å². The Kier molecular flexibility index (Phi) is 3.17. The number of halogens is 1. The third-order valence-electron chi connectivity index (χ3n) is 2.58. The number of benzene rings is 1. The Balaban J connectivity index is 2.50. The summed E-state index contributed by atoms with van der Waals surface area (Å²) < 4.78 is 18.7. The van der Waals surface area contributed by atoms with E-state index in [4.69, 9.17) is 4.74 Å². The van der Waals surface area contributed by atoms with Crippen LogP contribution in [0.3, 0.4) is 0 Å². The molecule has 0 aliphatic carbocycles. The molecule has 2 nitrogen and oxygen atoms in total. The molecule has 1 N–H and O–H groups in total. The highest BCUT2D eigenvalue weighted by Gasteiger charge is 2.20. The van der Waals surface area contributed by atoms with Crippen LogP contribution in [0.15, 0.2) is 12.1 Å². The Bertz CT molecular complexity index is 368. The molecule has 1 aliphatic rings. The van der Waals surface area contributed by atoms with Crippen LogP contribution in [-0.2, 0) is 5.75 Å². The van der Waals surface area contributed by atoms with Gasteiger partial charge in [-0.25, -0.2) is 4.39 Å². The molecule has 1 heterocycles. The monoisotopic (exact) mass is 228 g/mol. The highest BCUT2D eigenvalue weighted by atomic mass is 32.2. The Labute approximate surface area is 92.4 Å². The van der Waals surface area contributed by atoms with Crippen molar-refractivity contribution in [2.24, 2.45) is 0 Å². The van der Waals surface area contributed by atoms with Crippen LogP contribution in [0.2, 0.25) is 0 Å². The molecule has 0 amide bonds. The predicted octanol–water partition coefficient (Wildman–Crippen LogP) is 2.50. The molecule has 1 atom stereocenters. The molecule has 0 unspecified atom stereocenters. The minimum atomic E-state index is -0.570. The number of methoxy groups -OCH3 is 1. The van der Waals surface area contributed by atoms with Gasteiger partial charge in [-0.15, -0.1) is 0 Å². The second-order valence-electron chi connectivity index (χ2n) is 3.53. The molecule has 4 heteroatoms. The van der Waals surface area contributed by atoms with Gasteiger partial charge >= 0.3 is 0 Å². The lowest BCUT2D eigenvalue weighted by Gasteiger charge is -2.13. The van der Waals surface area contributed by atoms with Gasteiger partial charge in [-0.3, -0.25) is 0 Å². The zero-order valence-corrected chi connectivity index (χ0v) is 9.31. The van der Waals surface area contributed by atoms with Crippen LogP contribution in [0.5, 0.6) is 5.75 Å². The highest BCUT2D eigenvalue weighted by molar-refractivity contribution is 7.98. The van der Waals surface area contributed by atoms with Crippen LogP contribution in [0, 0.1) is 5.82 Å². The van der Waals surface area contributed by atoms with Crippen LogP contribution in [0.25, 0.3) is 0 Å². The van der Waals surface area contributed by atoms with E-state index >= 15 is 0 Å². The largest absolute Gasteiger partial charge is 0.497 e. The Morgan fingerprint density at radius 3 is 3.07 bits per heavy atom. The number of hydrogen-bond donors (Lipinski definition) is 1. The van der Waals surface area contributed by atoms with Gasteiger partial charge < -0.3 is 9.84 Å². The maximum Gasteiger partial charge on any atom is 0.131 e. The number of fused-ring (bicyclic) bond motifs is 1. The fraction of sp³-hybridized carbons (Fsp3) is 0.455. The van der Waals surface area contributed by atoms with Crippen LogP contribution in [-0.4, -0.2) is 18.0 Å². The molecular formula is C11H13FO2S. The fourth-order valence-electron chi connectivity index (χ4n) is 1.72. The maximum absolute atomic E-state index is 13.7. The molecule has 1 aliphatic heterocycles. The zero-order chi connectivity index (χ0) is 10.8. The summed E-state index contributed by atoms with van der Waals surface area (Å²) in [5.41, 5.74) is 1.29. The number of rotatable bonds is 1.